The van der Waals surface area contributed by atoms with Gasteiger partial charge >= 0.3 is 0 Å². The van der Waals surface area contributed by atoms with Crippen molar-refractivity contribution >= 4 is 23.2 Å². The average molecular weight is 539 g/mol. The predicted molar refractivity (Wildman–Crippen MR) is 155 cm³/mol. The lowest BCUT2D eigenvalue weighted by atomic mass is 9.90. The molecule has 0 radical (unpaired) electrons. The van der Waals surface area contributed by atoms with Crippen LogP contribution in [0.5, 0.6) is 0 Å². The van der Waals surface area contributed by atoms with Crippen molar-refractivity contribution in [2.24, 2.45) is 0 Å². The highest BCUT2D eigenvalue weighted by Gasteiger charge is 2.46. The van der Waals surface area contributed by atoms with E-state index in [4.69, 9.17) is 9.47 Å². The quantitative estimate of drug-likeness (QED) is 0.512. The standard InChI is InChI=1S/C32H34N4O4/c1-19-15-23-26-16-22(24-17-33-30(37)28(23)24)21-13-9-10-14-25(21)34-32(2,40-5)29(39-4)27(18-36(19)26)35(3)31(38)20-11-7-6-8-12-20/h6-14,16,27,29,34H,1,15,17-18H2,2-5H3,(H,33,37)/t27?,29?,32-/m0/s1. The number of allylic oxidation sites excluding steroid dienone is 1. The maximum Gasteiger partial charge on any atom is 0.253 e. The second-order valence-corrected chi connectivity index (χ2v) is 10.8. The van der Waals surface area contributed by atoms with Crippen LogP contribution in [0.2, 0.25) is 0 Å². The number of likely N-dealkylation sites (N-methyl/N-ethyl adjacent to an activating group) is 1. The second kappa shape index (κ2) is 9.80. The molecule has 6 rings (SSSR count). The van der Waals surface area contributed by atoms with E-state index in [1.165, 1.54) is 0 Å². The Bertz CT molecular complexity index is 1520. The van der Waals surface area contributed by atoms with E-state index in [-0.39, 0.29) is 11.8 Å². The van der Waals surface area contributed by atoms with Crippen LogP contribution in [0.3, 0.4) is 0 Å². The number of nitrogens with one attached hydrogen (secondary N) is 2. The molecule has 3 heterocycles. The van der Waals surface area contributed by atoms with Crippen LogP contribution in [-0.2, 0) is 22.4 Å². The van der Waals surface area contributed by atoms with Crippen molar-refractivity contribution in [3.8, 4) is 11.1 Å². The van der Waals surface area contributed by atoms with E-state index < -0.39 is 17.9 Å². The van der Waals surface area contributed by atoms with Gasteiger partial charge in [-0.25, -0.2) is 0 Å². The van der Waals surface area contributed by atoms with Crippen molar-refractivity contribution in [3.63, 3.8) is 0 Å². The van der Waals surface area contributed by atoms with E-state index in [0.717, 1.165) is 44.9 Å². The molecule has 0 aliphatic carbocycles. The van der Waals surface area contributed by atoms with Gasteiger partial charge in [-0.2, -0.15) is 0 Å². The number of nitrogens with zero attached hydrogens (tertiary/aromatic N) is 2. The van der Waals surface area contributed by atoms with Crippen LogP contribution in [-0.4, -0.2) is 62.4 Å². The summed E-state index contributed by atoms with van der Waals surface area (Å²) < 4.78 is 12.4. The van der Waals surface area contributed by atoms with Gasteiger partial charge in [0.15, 0.2) is 5.72 Å². The number of amides is 2. The molecule has 40 heavy (non-hydrogen) atoms. The molecule has 3 aromatic rings. The van der Waals surface area contributed by atoms with Crippen LogP contribution in [0, 0.1) is 0 Å². The lowest BCUT2D eigenvalue weighted by Crippen LogP contribution is -2.62. The van der Waals surface area contributed by atoms with Gasteiger partial charge in [0.05, 0.1) is 11.6 Å². The molecule has 8 heteroatoms. The van der Waals surface area contributed by atoms with Gasteiger partial charge in [-0.05, 0) is 47.9 Å². The predicted octanol–water partition coefficient (Wildman–Crippen LogP) is 4.42. The fraction of sp³-hybridized carbons (Fsp3) is 0.312. The third-order valence-corrected chi connectivity index (χ3v) is 8.60. The van der Waals surface area contributed by atoms with Gasteiger partial charge in [-0.15, -0.1) is 0 Å². The molecule has 206 valence electrons. The Morgan fingerprint density at radius 1 is 1.07 bits per heavy atom. The first kappa shape index (κ1) is 26.1. The minimum Gasteiger partial charge on any atom is -0.374 e. The lowest BCUT2D eigenvalue weighted by Gasteiger charge is -2.45. The molecule has 0 fully saturated rings. The Morgan fingerprint density at radius 2 is 1.80 bits per heavy atom. The number of anilines is 2. The maximum atomic E-state index is 13.8. The Labute approximate surface area is 234 Å². The monoisotopic (exact) mass is 538 g/mol. The molecular weight excluding hydrogens is 504 g/mol. The lowest BCUT2D eigenvalue weighted by molar-refractivity contribution is -0.113. The van der Waals surface area contributed by atoms with E-state index >= 15 is 0 Å². The first-order chi connectivity index (χ1) is 19.3. The number of methoxy groups -OCH3 is 2. The van der Waals surface area contributed by atoms with Crippen LogP contribution in [0.25, 0.3) is 11.1 Å². The Kier molecular flexibility index (Phi) is 6.40. The van der Waals surface area contributed by atoms with Gasteiger partial charge < -0.3 is 29.9 Å². The summed E-state index contributed by atoms with van der Waals surface area (Å²) in [5.74, 6) is -0.187. The number of hydrogen-bond acceptors (Lipinski definition) is 6. The van der Waals surface area contributed by atoms with Crippen LogP contribution in [0.4, 0.5) is 11.4 Å². The molecule has 3 atom stereocenters. The van der Waals surface area contributed by atoms with Crippen molar-refractivity contribution in [2.75, 3.05) is 38.0 Å². The number of rotatable bonds is 4. The third-order valence-electron chi connectivity index (χ3n) is 8.60. The first-order valence-corrected chi connectivity index (χ1v) is 13.5. The highest BCUT2D eigenvalue weighted by Crippen LogP contribution is 2.46. The fourth-order valence-corrected chi connectivity index (χ4v) is 6.45. The second-order valence-electron chi connectivity index (χ2n) is 10.8. The van der Waals surface area contributed by atoms with Crippen molar-refractivity contribution in [2.45, 2.75) is 37.8 Å². The number of fused-ring (bicyclic) bond motifs is 6. The van der Waals surface area contributed by atoms with Crippen LogP contribution in [0.1, 0.15) is 38.8 Å². The average Bonchev–Trinajstić information content (AvgIpc) is 3.50. The molecule has 0 saturated heterocycles. The molecule has 3 aromatic carbocycles. The SMILES string of the molecule is C=C1Cc2c3cc(c4c2C(=O)NC4)-c2ccccc2N[C@@](C)(OC)C(OC)C(N(C)C(=O)c2ccccc2)CN13. The summed E-state index contributed by atoms with van der Waals surface area (Å²) >= 11 is 0. The number of ether oxygens (including phenoxy) is 2. The molecule has 0 aromatic heterocycles. The summed E-state index contributed by atoms with van der Waals surface area (Å²) in [5, 5.41) is 6.66. The number of carbonyl (C=O) groups excluding carboxylic acids is 2. The molecule has 2 bridgehead atoms. The minimum atomic E-state index is -1.03. The van der Waals surface area contributed by atoms with Gasteiger partial charge in [0, 0.05) is 69.0 Å². The van der Waals surface area contributed by atoms with Gasteiger partial charge in [-0.3, -0.25) is 9.59 Å². The normalized spacial score (nSPS) is 23.1. The molecule has 0 saturated carbocycles. The molecule has 2 unspecified atom stereocenters. The van der Waals surface area contributed by atoms with Gasteiger partial charge in [0.2, 0.25) is 0 Å². The molecule has 0 spiro atoms. The Morgan fingerprint density at radius 3 is 2.52 bits per heavy atom. The van der Waals surface area contributed by atoms with Gasteiger partial charge in [0.1, 0.15) is 6.10 Å². The van der Waals surface area contributed by atoms with Crippen molar-refractivity contribution in [1.29, 1.82) is 0 Å². The summed E-state index contributed by atoms with van der Waals surface area (Å²) in [6.45, 7) is 7.21. The molecular formula is C32H34N4O4. The zero-order valence-corrected chi connectivity index (χ0v) is 23.3. The van der Waals surface area contributed by atoms with E-state index in [0.29, 0.717) is 25.1 Å². The topological polar surface area (TPSA) is 83.1 Å². The molecule has 8 nitrogen and oxygen atoms in total. The molecule has 3 aliphatic heterocycles. The first-order valence-electron chi connectivity index (χ1n) is 13.5. The zero-order chi connectivity index (χ0) is 28.2. The van der Waals surface area contributed by atoms with Gasteiger partial charge in [-0.1, -0.05) is 43.0 Å². The number of carbonyl (C=O) groups is 2. The summed E-state index contributed by atoms with van der Waals surface area (Å²) in [4.78, 5) is 30.8. The van der Waals surface area contributed by atoms with Crippen LogP contribution in [0.15, 0.2) is 72.9 Å². The maximum absolute atomic E-state index is 13.8. The fourth-order valence-electron chi connectivity index (χ4n) is 6.45. The molecule has 3 aliphatic rings. The Balaban J connectivity index is 1.58. The largest absolute Gasteiger partial charge is 0.374 e. The van der Waals surface area contributed by atoms with Crippen molar-refractivity contribution in [1.82, 2.24) is 10.2 Å². The Hall–Kier alpha value is -4.14. The van der Waals surface area contributed by atoms with Crippen LogP contribution < -0.4 is 15.5 Å². The molecule has 2 N–H and O–H groups in total. The number of benzene rings is 3. The van der Waals surface area contributed by atoms with E-state index in [1.54, 1.807) is 26.2 Å². The highest BCUT2D eigenvalue weighted by atomic mass is 16.5. The number of para-hydroxylation sites is 1. The van der Waals surface area contributed by atoms with Gasteiger partial charge in [0.25, 0.3) is 11.8 Å². The third kappa shape index (κ3) is 3.98. The molecule has 2 amide bonds. The minimum absolute atomic E-state index is 0.0625. The van der Waals surface area contributed by atoms with E-state index in [2.05, 4.69) is 34.2 Å². The number of hydrogen-bond donors (Lipinski definition) is 2. The summed E-state index contributed by atoms with van der Waals surface area (Å²) in [7, 11) is 5.09. The van der Waals surface area contributed by atoms with E-state index in [1.807, 2.05) is 55.5 Å². The van der Waals surface area contributed by atoms with E-state index in [9.17, 15) is 9.59 Å². The summed E-state index contributed by atoms with van der Waals surface area (Å²) in [6, 6.07) is 19.0. The highest BCUT2D eigenvalue weighted by molar-refractivity contribution is 6.05. The summed E-state index contributed by atoms with van der Waals surface area (Å²) in [5.41, 5.74) is 6.84. The zero-order valence-electron chi connectivity index (χ0n) is 23.3. The van der Waals surface area contributed by atoms with Crippen molar-refractivity contribution < 1.29 is 19.1 Å². The van der Waals surface area contributed by atoms with Crippen molar-refractivity contribution in [3.05, 3.63) is 95.2 Å². The summed E-state index contributed by atoms with van der Waals surface area (Å²) in [6.07, 6.45) is -0.0280. The van der Waals surface area contributed by atoms with Crippen LogP contribution >= 0.6 is 0 Å². The smallest absolute Gasteiger partial charge is 0.253 e.